The second kappa shape index (κ2) is 6.91. The van der Waals surface area contributed by atoms with Crippen molar-refractivity contribution in [3.05, 3.63) is 35.4 Å². The molecule has 0 amide bonds. The lowest BCUT2D eigenvalue weighted by Gasteiger charge is -2.06. The third-order valence-electron chi connectivity index (χ3n) is 2.29. The average Bonchev–Trinajstić information content (AvgIpc) is 2.34. The maximum atomic E-state index is 10.5. The fraction of sp³-hybridized carbons (Fsp3) is 0.231. The zero-order chi connectivity index (χ0) is 12.7. The Bertz CT molecular complexity index is 438. The van der Waals surface area contributed by atoms with E-state index in [-0.39, 0.29) is 0 Å². The van der Waals surface area contributed by atoms with E-state index in [1.807, 2.05) is 24.5 Å². The van der Waals surface area contributed by atoms with Crippen LogP contribution in [0.5, 0.6) is 0 Å². The molecule has 0 aliphatic heterocycles. The zero-order valence-electron chi connectivity index (χ0n) is 9.55. The van der Waals surface area contributed by atoms with E-state index < -0.39 is 5.97 Å². The Morgan fingerprint density at radius 2 is 2.24 bits per heavy atom. The summed E-state index contributed by atoms with van der Waals surface area (Å²) in [5.74, 6) is -0.972. The molecule has 3 nitrogen and oxygen atoms in total. The molecule has 4 heteroatoms. The monoisotopic (exact) mass is 250 g/mol. The van der Waals surface area contributed by atoms with Crippen molar-refractivity contribution >= 4 is 30.1 Å². The van der Waals surface area contributed by atoms with E-state index in [2.05, 4.69) is 0 Å². The minimum atomic E-state index is -0.972. The van der Waals surface area contributed by atoms with Gasteiger partial charge in [0.25, 0.3) is 0 Å². The van der Waals surface area contributed by atoms with Gasteiger partial charge in [-0.05, 0) is 42.0 Å². The Morgan fingerprint density at radius 3 is 2.82 bits per heavy atom. The van der Waals surface area contributed by atoms with Crippen LogP contribution in [-0.2, 0) is 16.0 Å². The normalized spacial score (nSPS) is 10.6. The second-order valence-electron chi connectivity index (χ2n) is 3.44. The van der Waals surface area contributed by atoms with Crippen LogP contribution in [0.4, 0.5) is 0 Å². The highest BCUT2D eigenvalue weighted by molar-refractivity contribution is 7.98. The highest BCUT2D eigenvalue weighted by atomic mass is 32.2. The first-order chi connectivity index (χ1) is 8.17. The number of carboxylic acid groups (broad SMARTS) is 1. The minimum Gasteiger partial charge on any atom is -0.478 e. The maximum Gasteiger partial charge on any atom is 0.328 e. The molecule has 0 heterocycles. The van der Waals surface area contributed by atoms with Gasteiger partial charge in [-0.2, -0.15) is 0 Å². The van der Waals surface area contributed by atoms with Crippen molar-refractivity contribution in [2.45, 2.75) is 17.7 Å². The molecule has 0 atom stereocenters. The van der Waals surface area contributed by atoms with Gasteiger partial charge in [0.2, 0.25) is 0 Å². The molecule has 90 valence electrons. The van der Waals surface area contributed by atoms with Gasteiger partial charge in [0.05, 0.1) is 0 Å². The molecule has 1 aromatic rings. The van der Waals surface area contributed by atoms with Gasteiger partial charge in [0, 0.05) is 17.4 Å². The molecular weight excluding hydrogens is 236 g/mol. The molecule has 0 aliphatic carbocycles. The van der Waals surface area contributed by atoms with Crippen LogP contribution in [0.1, 0.15) is 17.5 Å². The number of aldehydes is 1. The summed E-state index contributed by atoms with van der Waals surface area (Å²) in [6.45, 7) is 0. The number of hydrogen-bond acceptors (Lipinski definition) is 3. The van der Waals surface area contributed by atoms with Gasteiger partial charge in [0.1, 0.15) is 6.29 Å². The van der Waals surface area contributed by atoms with E-state index in [1.54, 1.807) is 17.8 Å². The van der Waals surface area contributed by atoms with E-state index in [4.69, 9.17) is 5.11 Å². The lowest BCUT2D eigenvalue weighted by Crippen LogP contribution is -1.93. The highest BCUT2D eigenvalue weighted by Crippen LogP contribution is 2.21. The Hall–Kier alpha value is -1.55. The van der Waals surface area contributed by atoms with Gasteiger partial charge < -0.3 is 9.90 Å². The summed E-state index contributed by atoms with van der Waals surface area (Å²) in [6, 6.07) is 5.82. The molecule has 1 rings (SSSR count). The van der Waals surface area contributed by atoms with Crippen molar-refractivity contribution in [1.82, 2.24) is 0 Å². The molecule has 17 heavy (non-hydrogen) atoms. The van der Waals surface area contributed by atoms with Crippen LogP contribution in [0.25, 0.3) is 6.08 Å². The molecule has 1 N–H and O–H groups in total. The summed E-state index contributed by atoms with van der Waals surface area (Å²) in [4.78, 5) is 22.0. The van der Waals surface area contributed by atoms with Crippen LogP contribution in [0.15, 0.2) is 29.2 Å². The summed E-state index contributed by atoms with van der Waals surface area (Å²) >= 11 is 1.62. The number of carbonyl (C=O) groups excluding carboxylic acids is 1. The van der Waals surface area contributed by atoms with Crippen LogP contribution < -0.4 is 0 Å². The van der Waals surface area contributed by atoms with Crippen LogP contribution in [0, 0.1) is 0 Å². The summed E-state index contributed by atoms with van der Waals surface area (Å²) in [5.41, 5.74) is 1.86. The molecular formula is C13H14O3S. The van der Waals surface area contributed by atoms with Gasteiger partial charge in [-0.3, -0.25) is 0 Å². The molecule has 0 saturated heterocycles. The molecule has 0 aliphatic rings. The zero-order valence-corrected chi connectivity index (χ0v) is 10.4. The van der Waals surface area contributed by atoms with Crippen LogP contribution in [-0.4, -0.2) is 23.6 Å². The number of rotatable bonds is 6. The van der Waals surface area contributed by atoms with Crippen molar-refractivity contribution in [2.24, 2.45) is 0 Å². The molecule has 0 radical (unpaired) electrons. The van der Waals surface area contributed by atoms with Crippen LogP contribution in [0.3, 0.4) is 0 Å². The predicted molar refractivity (Wildman–Crippen MR) is 69.3 cm³/mol. The first kappa shape index (κ1) is 13.5. The number of aliphatic carboxylic acids is 1. The lowest BCUT2D eigenvalue weighted by molar-refractivity contribution is -0.131. The van der Waals surface area contributed by atoms with Gasteiger partial charge in [-0.15, -0.1) is 11.8 Å². The molecule has 0 saturated carbocycles. The Balaban J connectivity index is 3.00. The van der Waals surface area contributed by atoms with Crippen molar-refractivity contribution in [2.75, 3.05) is 6.26 Å². The SMILES string of the molecule is CSc1ccc(/C=C/C(=O)O)c(CCC=O)c1. The first-order valence-corrected chi connectivity index (χ1v) is 6.41. The summed E-state index contributed by atoms with van der Waals surface area (Å²) in [7, 11) is 0. The summed E-state index contributed by atoms with van der Waals surface area (Å²) < 4.78 is 0. The van der Waals surface area contributed by atoms with E-state index >= 15 is 0 Å². The second-order valence-corrected chi connectivity index (χ2v) is 4.32. The van der Waals surface area contributed by atoms with Crippen LogP contribution in [0.2, 0.25) is 0 Å². The fourth-order valence-electron chi connectivity index (χ4n) is 1.46. The number of carboxylic acids is 1. The topological polar surface area (TPSA) is 54.4 Å². The van der Waals surface area contributed by atoms with E-state index in [1.165, 1.54) is 0 Å². The van der Waals surface area contributed by atoms with E-state index in [0.29, 0.717) is 12.8 Å². The van der Waals surface area contributed by atoms with Crippen molar-refractivity contribution in [1.29, 1.82) is 0 Å². The maximum absolute atomic E-state index is 10.5. The Kier molecular flexibility index (Phi) is 5.49. The summed E-state index contributed by atoms with van der Waals surface area (Å²) in [5, 5.41) is 8.60. The van der Waals surface area contributed by atoms with Gasteiger partial charge in [-0.1, -0.05) is 6.07 Å². The molecule has 0 fully saturated rings. The first-order valence-electron chi connectivity index (χ1n) is 5.19. The van der Waals surface area contributed by atoms with Crippen molar-refractivity contribution < 1.29 is 14.7 Å². The van der Waals surface area contributed by atoms with E-state index in [0.717, 1.165) is 28.4 Å². The number of benzene rings is 1. The number of thioether (sulfide) groups is 1. The van der Waals surface area contributed by atoms with E-state index in [9.17, 15) is 9.59 Å². The molecule has 0 spiro atoms. The molecule has 0 bridgehead atoms. The predicted octanol–water partition coefficient (Wildman–Crippen LogP) is 2.64. The molecule has 0 unspecified atom stereocenters. The van der Waals surface area contributed by atoms with Crippen LogP contribution >= 0.6 is 11.8 Å². The highest BCUT2D eigenvalue weighted by Gasteiger charge is 2.02. The Labute approximate surface area is 105 Å². The number of aryl methyl sites for hydroxylation is 1. The Morgan fingerprint density at radius 1 is 1.47 bits per heavy atom. The van der Waals surface area contributed by atoms with Crippen molar-refractivity contribution in [3.63, 3.8) is 0 Å². The lowest BCUT2D eigenvalue weighted by atomic mass is 10.0. The fourth-order valence-corrected chi connectivity index (χ4v) is 1.93. The smallest absolute Gasteiger partial charge is 0.328 e. The molecule has 0 aromatic heterocycles. The average molecular weight is 250 g/mol. The standard InChI is InChI=1S/C13H14O3S/c1-17-12-6-4-10(5-7-13(15)16)11(9-12)3-2-8-14/h4-9H,2-3H2,1H3,(H,15,16)/b7-5+. The summed E-state index contributed by atoms with van der Waals surface area (Å²) in [6.07, 6.45) is 6.61. The minimum absolute atomic E-state index is 0.450. The van der Waals surface area contributed by atoms with Crippen molar-refractivity contribution in [3.8, 4) is 0 Å². The quantitative estimate of drug-likeness (QED) is 0.479. The number of hydrogen-bond donors (Lipinski definition) is 1. The largest absolute Gasteiger partial charge is 0.478 e. The molecule has 1 aromatic carbocycles. The van der Waals surface area contributed by atoms with Gasteiger partial charge >= 0.3 is 5.97 Å². The van der Waals surface area contributed by atoms with Gasteiger partial charge in [0.15, 0.2) is 0 Å². The third kappa shape index (κ3) is 4.44. The number of carbonyl (C=O) groups is 2. The van der Waals surface area contributed by atoms with Gasteiger partial charge in [-0.25, -0.2) is 4.79 Å². The third-order valence-corrected chi connectivity index (χ3v) is 3.01.